The highest BCUT2D eigenvalue weighted by Gasteiger charge is 2.36. The highest BCUT2D eigenvalue weighted by molar-refractivity contribution is 5.52. The summed E-state index contributed by atoms with van der Waals surface area (Å²) in [5.41, 5.74) is 5.18. The molecule has 2 aromatic rings. The average Bonchev–Trinajstić information content (AvgIpc) is 2.55. The van der Waals surface area contributed by atoms with Gasteiger partial charge in [-0.2, -0.15) is 5.26 Å². The Morgan fingerprint density at radius 3 is 2.78 bits per heavy atom. The van der Waals surface area contributed by atoms with E-state index in [4.69, 9.17) is 14.9 Å². The minimum atomic E-state index is -1.02. The molecule has 0 bridgehead atoms. The van der Waals surface area contributed by atoms with Crippen LogP contribution in [0.4, 0.5) is 4.39 Å². The second-order valence-electron chi connectivity index (χ2n) is 4.87. The molecule has 0 saturated carbocycles. The largest absolute Gasteiger partial charge is 0.458 e. The topological polar surface area (TPSA) is 109 Å². The minimum Gasteiger partial charge on any atom is -0.458 e. The number of benzene rings is 1. The van der Waals surface area contributed by atoms with E-state index in [2.05, 4.69) is 0 Å². The van der Waals surface area contributed by atoms with E-state index >= 15 is 0 Å². The van der Waals surface area contributed by atoms with Gasteiger partial charge in [0.25, 0.3) is 0 Å². The van der Waals surface area contributed by atoms with E-state index in [0.717, 1.165) is 6.07 Å². The van der Waals surface area contributed by atoms with Crippen molar-refractivity contribution >= 4 is 0 Å². The lowest BCUT2D eigenvalue weighted by Crippen LogP contribution is -2.25. The van der Waals surface area contributed by atoms with Crippen molar-refractivity contribution in [3.63, 3.8) is 0 Å². The number of nitriles is 1. The molecule has 0 spiro atoms. The van der Waals surface area contributed by atoms with Crippen molar-refractivity contribution < 1.29 is 18.7 Å². The zero-order valence-electron chi connectivity index (χ0n) is 11.7. The van der Waals surface area contributed by atoms with Crippen LogP contribution in [0.3, 0.4) is 0 Å². The van der Waals surface area contributed by atoms with Crippen molar-refractivity contribution in [2.75, 3.05) is 0 Å². The van der Waals surface area contributed by atoms with Gasteiger partial charge in [-0.3, -0.25) is 4.79 Å². The number of aliphatic hydroxyl groups excluding tert-OH is 1. The Kier molecular flexibility index (Phi) is 3.60. The maximum atomic E-state index is 14.2. The number of halogens is 1. The third-order valence-electron chi connectivity index (χ3n) is 3.50. The summed E-state index contributed by atoms with van der Waals surface area (Å²) in [6.07, 6.45) is 0. The van der Waals surface area contributed by atoms with E-state index in [1.165, 1.54) is 18.2 Å². The molecule has 1 aromatic carbocycles. The Hall–Kier alpha value is -3.11. The highest BCUT2D eigenvalue weighted by Crippen LogP contribution is 2.41. The van der Waals surface area contributed by atoms with E-state index in [0.29, 0.717) is 0 Å². The first kappa shape index (κ1) is 14.8. The number of hydrogen-bond donors (Lipinski definition) is 2. The fourth-order valence-electron chi connectivity index (χ4n) is 2.48. The molecule has 0 aliphatic carbocycles. The maximum absolute atomic E-state index is 14.2. The van der Waals surface area contributed by atoms with Gasteiger partial charge in [0.05, 0.1) is 5.92 Å². The molecule has 3 rings (SSSR count). The van der Waals surface area contributed by atoms with E-state index in [9.17, 15) is 19.6 Å². The van der Waals surface area contributed by atoms with Crippen LogP contribution in [0.1, 0.15) is 23.0 Å². The molecule has 1 aliphatic heterocycles. The maximum Gasteiger partial charge on any atom is 0.228 e. The number of rotatable bonds is 2. The van der Waals surface area contributed by atoms with Crippen LogP contribution in [0.25, 0.3) is 0 Å². The molecule has 7 heteroatoms. The van der Waals surface area contributed by atoms with E-state index < -0.39 is 23.8 Å². The molecule has 0 radical (unpaired) electrons. The summed E-state index contributed by atoms with van der Waals surface area (Å²) in [4.78, 5) is 12.1. The van der Waals surface area contributed by atoms with Crippen molar-refractivity contribution in [2.24, 2.45) is 5.73 Å². The normalized spacial score (nSPS) is 16.5. The van der Waals surface area contributed by atoms with E-state index in [-0.39, 0.29) is 34.3 Å². The molecule has 1 atom stereocenters. The fourth-order valence-corrected chi connectivity index (χ4v) is 2.48. The highest BCUT2D eigenvalue weighted by atomic mass is 19.1. The monoisotopic (exact) mass is 314 g/mol. The molecule has 0 amide bonds. The molecule has 1 aliphatic rings. The SMILES string of the molecule is N#CC1=C(N)Oc2c(oc(CO)cc2=O)[C@@H]1c1ccccc1F. The van der Waals surface area contributed by atoms with Gasteiger partial charge in [0.15, 0.2) is 5.76 Å². The van der Waals surface area contributed by atoms with Crippen molar-refractivity contribution in [2.45, 2.75) is 12.5 Å². The third-order valence-corrected chi connectivity index (χ3v) is 3.50. The summed E-state index contributed by atoms with van der Waals surface area (Å²) in [7, 11) is 0. The minimum absolute atomic E-state index is 0.0172. The zero-order chi connectivity index (χ0) is 16.6. The fraction of sp³-hybridized carbons (Fsp3) is 0.125. The number of ether oxygens (including phenoxy) is 1. The van der Waals surface area contributed by atoms with Gasteiger partial charge in [0.2, 0.25) is 17.1 Å². The molecular weight excluding hydrogens is 303 g/mol. The lowest BCUT2D eigenvalue weighted by molar-refractivity contribution is 0.231. The van der Waals surface area contributed by atoms with Crippen LogP contribution < -0.4 is 15.9 Å². The van der Waals surface area contributed by atoms with Gasteiger partial charge in [-0.1, -0.05) is 18.2 Å². The second kappa shape index (κ2) is 5.59. The second-order valence-corrected chi connectivity index (χ2v) is 4.87. The number of nitrogens with zero attached hydrogens (tertiary/aromatic N) is 1. The number of aliphatic hydroxyl groups is 1. The third kappa shape index (κ3) is 2.35. The first-order valence-electron chi connectivity index (χ1n) is 6.66. The molecule has 0 fully saturated rings. The predicted molar refractivity (Wildman–Crippen MR) is 76.6 cm³/mol. The molecule has 6 nitrogen and oxygen atoms in total. The van der Waals surface area contributed by atoms with E-state index in [1.54, 1.807) is 6.07 Å². The number of hydrogen-bond acceptors (Lipinski definition) is 6. The van der Waals surface area contributed by atoms with Crippen LogP contribution in [-0.2, 0) is 6.61 Å². The van der Waals surface area contributed by atoms with Gasteiger partial charge >= 0.3 is 0 Å². The number of fused-ring (bicyclic) bond motifs is 1. The Labute approximate surface area is 129 Å². The Balaban J connectivity index is 2.34. The van der Waals surface area contributed by atoms with Crippen molar-refractivity contribution in [3.05, 3.63) is 74.9 Å². The molecular formula is C16H11FN2O4. The van der Waals surface area contributed by atoms with Crippen LogP contribution in [-0.4, -0.2) is 5.11 Å². The van der Waals surface area contributed by atoms with Crippen LogP contribution in [0, 0.1) is 17.1 Å². The molecule has 0 unspecified atom stereocenters. The summed E-state index contributed by atoms with van der Waals surface area (Å²) >= 11 is 0. The van der Waals surface area contributed by atoms with Crippen LogP contribution in [0.5, 0.6) is 5.75 Å². The first-order valence-corrected chi connectivity index (χ1v) is 6.66. The molecule has 0 saturated heterocycles. The zero-order valence-corrected chi connectivity index (χ0v) is 11.7. The van der Waals surface area contributed by atoms with Crippen LogP contribution in [0.15, 0.2) is 51.0 Å². The summed E-state index contributed by atoms with van der Waals surface area (Å²) in [6.45, 7) is -0.520. The molecule has 23 heavy (non-hydrogen) atoms. The molecule has 2 heterocycles. The lowest BCUT2D eigenvalue weighted by atomic mass is 9.87. The van der Waals surface area contributed by atoms with Crippen molar-refractivity contribution in [1.82, 2.24) is 0 Å². The van der Waals surface area contributed by atoms with Crippen molar-refractivity contribution in [3.8, 4) is 11.8 Å². The van der Waals surface area contributed by atoms with Gasteiger partial charge in [-0.25, -0.2) is 4.39 Å². The summed E-state index contributed by atoms with van der Waals surface area (Å²) in [5, 5.41) is 18.5. The first-order chi connectivity index (χ1) is 11.1. The Bertz CT molecular complexity index is 911. The van der Waals surface area contributed by atoms with Crippen LogP contribution >= 0.6 is 0 Å². The Morgan fingerprint density at radius 1 is 1.39 bits per heavy atom. The van der Waals surface area contributed by atoms with Gasteiger partial charge in [0.1, 0.15) is 29.8 Å². The summed E-state index contributed by atoms with van der Waals surface area (Å²) < 4.78 is 24.8. The predicted octanol–water partition coefficient (Wildman–Crippen LogP) is 1.49. The standard InChI is InChI=1S/C16H11FN2O4/c17-11-4-2-1-3-9(11)13-10(6-18)16(19)23-14-12(21)5-8(7-20)22-15(13)14/h1-5,13,20H,7,19H2/t13-/m1/s1. The molecule has 116 valence electrons. The van der Waals surface area contributed by atoms with Gasteiger partial charge in [-0.15, -0.1) is 0 Å². The van der Waals surface area contributed by atoms with Gasteiger partial charge < -0.3 is 20.0 Å². The number of allylic oxidation sites excluding steroid dienone is 1. The van der Waals surface area contributed by atoms with E-state index in [1.807, 2.05) is 6.07 Å². The summed E-state index contributed by atoms with van der Waals surface area (Å²) in [6, 6.07) is 8.70. The quantitative estimate of drug-likeness (QED) is 0.869. The summed E-state index contributed by atoms with van der Waals surface area (Å²) in [5.74, 6) is -2.18. The Morgan fingerprint density at radius 2 is 2.13 bits per heavy atom. The molecule has 1 aromatic heterocycles. The lowest BCUT2D eigenvalue weighted by Gasteiger charge is -2.24. The number of nitrogens with two attached hydrogens (primary N) is 1. The van der Waals surface area contributed by atoms with Gasteiger partial charge in [0, 0.05) is 11.6 Å². The van der Waals surface area contributed by atoms with Crippen LogP contribution in [0.2, 0.25) is 0 Å². The van der Waals surface area contributed by atoms with Crippen molar-refractivity contribution in [1.29, 1.82) is 5.26 Å². The van der Waals surface area contributed by atoms with Gasteiger partial charge in [-0.05, 0) is 6.07 Å². The molecule has 3 N–H and O–H groups in total. The average molecular weight is 314 g/mol. The smallest absolute Gasteiger partial charge is 0.228 e.